The number of nitrogens with one attached hydrogen (secondary N) is 1. The average molecular weight is 529 g/mol. The maximum Gasteiger partial charge on any atom is 0.338 e. The predicted octanol–water partition coefficient (Wildman–Crippen LogP) is 4.41. The van der Waals surface area contributed by atoms with Gasteiger partial charge in [0.05, 0.1) is 28.5 Å². The monoisotopic (exact) mass is 528 g/mol. The van der Waals surface area contributed by atoms with Crippen molar-refractivity contribution in [2.75, 3.05) is 11.8 Å². The van der Waals surface area contributed by atoms with E-state index in [1.54, 1.807) is 0 Å². The van der Waals surface area contributed by atoms with Crippen LogP contribution in [0, 0.1) is 17.6 Å². The maximum absolute atomic E-state index is 14.6. The Morgan fingerprint density at radius 2 is 1.84 bits per heavy atom. The molecular formula is C20H12BrF3N2O5S. The first-order valence-corrected chi connectivity index (χ1v) is 11.1. The normalized spacial score (nSPS) is 14.7. The molecule has 2 heterocycles. The minimum Gasteiger partial charge on any atom is -0.494 e. The van der Waals surface area contributed by atoms with Gasteiger partial charge in [-0.1, -0.05) is 0 Å². The number of hydrogen-bond acceptors (Lipinski definition) is 6. The van der Waals surface area contributed by atoms with Crippen LogP contribution in [0.3, 0.4) is 0 Å². The number of rotatable bonds is 1. The number of nitrogens with zero attached hydrogens (tertiary/aromatic N) is 1. The lowest BCUT2D eigenvalue weighted by atomic mass is 10.0. The largest absolute Gasteiger partial charge is 0.494 e. The van der Waals surface area contributed by atoms with Crippen LogP contribution < -0.4 is 9.46 Å². The van der Waals surface area contributed by atoms with Gasteiger partial charge in [0, 0.05) is 17.2 Å². The highest BCUT2D eigenvalue weighted by atomic mass is 79.9. The quantitative estimate of drug-likeness (QED) is 0.371. The SMILES string of the molecule is COc1c(Br)cc2cc1S(=O)(=O)Nc1cc(c(F)cc1F)-c1ccc(F)nc1COC2=O. The number of hydrogen-bond donors (Lipinski definition) is 1. The molecule has 0 saturated carbocycles. The first-order valence-electron chi connectivity index (χ1n) is 8.83. The molecule has 0 saturated heterocycles. The highest BCUT2D eigenvalue weighted by Gasteiger charge is 2.28. The molecule has 0 fully saturated rings. The number of methoxy groups -OCH3 is 1. The van der Waals surface area contributed by atoms with E-state index in [2.05, 4.69) is 20.9 Å². The number of halogens is 4. The van der Waals surface area contributed by atoms with Crippen LogP contribution in [-0.2, 0) is 21.4 Å². The van der Waals surface area contributed by atoms with Crippen LogP contribution in [0.4, 0.5) is 18.9 Å². The number of anilines is 1. The number of fused-ring (bicyclic) bond motifs is 6. The Hall–Kier alpha value is -3.12. The Labute approximate surface area is 188 Å². The van der Waals surface area contributed by atoms with E-state index in [4.69, 9.17) is 9.47 Å². The highest BCUT2D eigenvalue weighted by Crippen LogP contribution is 2.37. The Kier molecular flexibility index (Phi) is 5.59. The number of carbonyl (C=O) groups excluding carboxylic acids is 1. The van der Waals surface area contributed by atoms with E-state index in [9.17, 15) is 26.4 Å². The standard InChI is InChI=1S/C20H12BrF3N2O5S/c1-30-19-12(21)4-9-5-17(19)32(28,29)26-15-6-11(13(22)7-14(15)23)10-2-3-18(24)25-16(10)8-31-20(9)27/h2-7,26H,8H2,1H3. The van der Waals surface area contributed by atoms with Crippen molar-refractivity contribution in [1.29, 1.82) is 0 Å². The molecule has 1 aliphatic rings. The second kappa shape index (κ2) is 8.10. The zero-order valence-corrected chi connectivity index (χ0v) is 18.5. The Balaban J connectivity index is 2.02. The Morgan fingerprint density at radius 3 is 2.56 bits per heavy atom. The molecule has 0 spiro atoms. The van der Waals surface area contributed by atoms with E-state index < -0.39 is 50.8 Å². The summed E-state index contributed by atoms with van der Waals surface area (Å²) < 4.78 is 81.4. The van der Waals surface area contributed by atoms with Crippen LogP contribution in [0.15, 0.2) is 45.8 Å². The highest BCUT2D eigenvalue weighted by molar-refractivity contribution is 9.10. The van der Waals surface area contributed by atoms with E-state index >= 15 is 0 Å². The molecular weight excluding hydrogens is 517 g/mol. The summed E-state index contributed by atoms with van der Waals surface area (Å²) >= 11 is 3.13. The Morgan fingerprint density at radius 1 is 1.09 bits per heavy atom. The number of pyridine rings is 1. The second-order valence-corrected chi connectivity index (χ2v) is 9.12. The van der Waals surface area contributed by atoms with Crippen molar-refractivity contribution >= 4 is 37.6 Å². The summed E-state index contributed by atoms with van der Waals surface area (Å²) in [5.41, 5.74) is -1.20. The summed E-state index contributed by atoms with van der Waals surface area (Å²) in [6.07, 6.45) is 0. The zero-order valence-electron chi connectivity index (χ0n) is 16.1. The van der Waals surface area contributed by atoms with Gasteiger partial charge >= 0.3 is 5.97 Å². The summed E-state index contributed by atoms with van der Waals surface area (Å²) in [5, 5.41) is 0. The third-order valence-corrected chi connectivity index (χ3v) is 6.57. The van der Waals surface area contributed by atoms with E-state index in [0.717, 1.165) is 18.2 Å². The van der Waals surface area contributed by atoms with Crippen LogP contribution in [0.1, 0.15) is 16.1 Å². The molecule has 0 atom stereocenters. The number of cyclic esters (lactones) is 1. The molecule has 32 heavy (non-hydrogen) atoms. The summed E-state index contributed by atoms with van der Waals surface area (Å²) in [7, 11) is -3.31. The molecule has 7 nitrogen and oxygen atoms in total. The molecule has 0 radical (unpaired) electrons. The van der Waals surface area contributed by atoms with Crippen molar-refractivity contribution < 1.29 is 35.9 Å². The molecule has 0 unspecified atom stereocenters. The molecule has 1 aromatic heterocycles. The zero-order chi connectivity index (χ0) is 23.2. The molecule has 2 aromatic carbocycles. The van der Waals surface area contributed by atoms with Gasteiger partial charge in [0.25, 0.3) is 10.0 Å². The molecule has 1 N–H and O–H groups in total. The van der Waals surface area contributed by atoms with Crippen LogP contribution >= 0.6 is 15.9 Å². The van der Waals surface area contributed by atoms with E-state index in [-0.39, 0.29) is 32.6 Å². The predicted molar refractivity (Wildman–Crippen MR) is 110 cm³/mol. The van der Waals surface area contributed by atoms with Crippen LogP contribution in [0.2, 0.25) is 0 Å². The van der Waals surface area contributed by atoms with Gasteiger partial charge in [-0.15, -0.1) is 0 Å². The molecule has 4 bridgehead atoms. The topological polar surface area (TPSA) is 94.6 Å². The lowest BCUT2D eigenvalue weighted by Gasteiger charge is -2.15. The number of ether oxygens (including phenoxy) is 2. The van der Waals surface area contributed by atoms with Crippen molar-refractivity contribution in [2.45, 2.75) is 11.5 Å². The number of esters is 1. The van der Waals surface area contributed by atoms with Crippen molar-refractivity contribution in [3.05, 3.63) is 69.7 Å². The molecule has 12 heteroatoms. The minimum absolute atomic E-state index is 0.0122. The first-order chi connectivity index (χ1) is 15.1. The van der Waals surface area contributed by atoms with Crippen molar-refractivity contribution in [3.8, 4) is 16.9 Å². The number of carbonyl (C=O) groups is 1. The van der Waals surface area contributed by atoms with Gasteiger partial charge in [0.15, 0.2) is 5.75 Å². The number of aromatic nitrogens is 1. The van der Waals surface area contributed by atoms with Crippen LogP contribution in [-0.4, -0.2) is 26.5 Å². The van der Waals surface area contributed by atoms with Gasteiger partial charge in [-0.2, -0.15) is 4.39 Å². The average Bonchev–Trinajstić information content (AvgIpc) is 2.73. The van der Waals surface area contributed by atoms with Crippen LogP contribution in [0.5, 0.6) is 5.75 Å². The van der Waals surface area contributed by atoms with E-state index in [0.29, 0.717) is 6.07 Å². The van der Waals surface area contributed by atoms with Gasteiger partial charge in [-0.25, -0.2) is 27.0 Å². The summed E-state index contributed by atoms with van der Waals surface area (Å²) in [5.74, 6) is -4.27. The Bertz CT molecular complexity index is 1380. The number of benzene rings is 2. The third-order valence-electron chi connectivity index (χ3n) is 4.61. The van der Waals surface area contributed by atoms with Gasteiger partial charge in [-0.3, -0.25) is 4.72 Å². The summed E-state index contributed by atoms with van der Waals surface area (Å²) in [6.45, 7) is -0.558. The van der Waals surface area contributed by atoms with Gasteiger partial charge in [0.1, 0.15) is 23.1 Å². The maximum atomic E-state index is 14.6. The van der Waals surface area contributed by atoms with Crippen molar-refractivity contribution in [2.24, 2.45) is 0 Å². The molecule has 0 aliphatic carbocycles. The summed E-state index contributed by atoms with van der Waals surface area (Å²) in [4.78, 5) is 15.7. The van der Waals surface area contributed by atoms with Gasteiger partial charge in [-0.05, 0) is 46.3 Å². The van der Waals surface area contributed by atoms with E-state index in [1.165, 1.54) is 19.2 Å². The molecule has 166 valence electrons. The van der Waals surface area contributed by atoms with Gasteiger partial charge < -0.3 is 9.47 Å². The smallest absolute Gasteiger partial charge is 0.338 e. The molecule has 0 amide bonds. The van der Waals surface area contributed by atoms with Crippen molar-refractivity contribution in [3.63, 3.8) is 0 Å². The molecule has 4 rings (SSSR count). The van der Waals surface area contributed by atoms with Crippen molar-refractivity contribution in [1.82, 2.24) is 4.98 Å². The summed E-state index contributed by atoms with van der Waals surface area (Å²) in [6, 6.07) is 5.74. The van der Waals surface area contributed by atoms with Gasteiger partial charge in [0.2, 0.25) is 5.95 Å². The number of sulfonamides is 1. The lowest BCUT2D eigenvalue weighted by Crippen LogP contribution is -2.16. The second-order valence-electron chi connectivity index (χ2n) is 6.61. The van der Waals surface area contributed by atoms with Crippen LogP contribution in [0.25, 0.3) is 11.1 Å². The first kappa shape index (κ1) is 22.1. The fourth-order valence-corrected chi connectivity index (χ4v) is 5.19. The fourth-order valence-electron chi connectivity index (χ4n) is 3.16. The molecule has 1 aliphatic heterocycles. The fraction of sp³-hybridized carbons (Fsp3) is 0.100. The third kappa shape index (κ3) is 3.91. The lowest BCUT2D eigenvalue weighted by molar-refractivity contribution is 0.0467. The molecule has 3 aromatic rings. The van der Waals surface area contributed by atoms with E-state index in [1.807, 2.05) is 4.72 Å². The minimum atomic E-state index is -4.52.